The first-order valence-electron chi connectivity index (χ1n) is 6.26. The van der Waals surface area contributed by atoms with Gasteiger partial charge >= 0.3 is 0 Å². The number of aromatic nitrogens is 2. The summed E-state index contributed by atoms with van der Waals surface area (Å²) in [6.45, 7) is 2.28. The molecule has 0 aliphatic carbocycles. The Bertz CT molecular complexity index is 494. The maximum absolute atomic E-state index is 8.70. The molecule has 0 aliphatic heterocycles. The van der Waals surface area contributed by atoms with Gasteiger partial charge in [0.1, 0.15) is 0 Å². The van der Waals surface area contributed by atoms with Crippen LogP contribution in [-0.4, -0.2) is 21.9 Å². The lowest BCUT2D eigenvalue weighted by atomic mass is 10.1. The monoisotopic (exact) mass is 246 g/mol. The number of aliphatic hydroxyl groups is 1. The van der Waals surface area contributed by atoms with Crippen LogP contribution in [0.5, 0.6) is 0 Å². The molecule has 1 aromatic heterocycles. The van der Waals surface area contributed by atoms with E-state index in [1.165, 1.54) is 11.1 Å². The van der Waals surface area contributed by atoms with Crippen LogP contribution in [0.1, 0.15) is 35.7 Å². The van der Waals surface area contributed by atoms with Gasteiger partial charge in [0.25, 0.3) is 0 Å². The van der Waals surface area contributed by atoms with Crippen molar-refractivity contribution in [2.24, 2.45) is 0 Å². The predicted molar refractivity (Wildman–Crippen MR) is 68.3 cm³/mol. The van der Waals surface area contributed by atoms with Crippen LogP contribution in [0.3, 0.4) is 0 Å². The zero-order chi connectivity index (χ0) is 12.8. The van der Waals surface area contributed by atoms with E-state index in [-0.39, 0.29) is 6.61 Å². The molecule has 2 rings (SSSR count). The topological polar surface area (TPSA) is 59.2 Å². The first-order chi connectivity index (χ1) is 8.78. The van der Waals surface area contributed by atoms with Crippen molar-refractivity contribution in [1.29, 1.82) is 0 Å². The van der Waals surface area contributed by atoms with Gasteiger partial charge in [-0.3, -0.25) is 0 Å². The lowest BCUT2D eigenvalue weighted by Crippen LogP contribution is -1.93. The van der Waals surface area contributed by atoms with Crippen LogP contribution in [-0.2, 0) is 12.8 Å². The third-order valence-corrected chi connectivity index (χ3v) is 2.75. The van der Waals surface area contributed by atoms with Gasteiger partial charge < -0.3 is 9.63 Å². The van der Waals surface area contributed by atoms with Crippen LogP contribution in [0.4, 0.5) is 0 Å². The average molecular weight is 246 g/mol. The Labute approximate surface area is 107 Å². The molecule has 0 fully saturated rings. The second-order valence-corrected chi connectivity index (χ2v) is 4.45. The Morgan fingerprint density at radius 2 is 2.17 bits per heavy atom. The Balaban J connectivity index is 1.94. The second kappa shape index (κ2) is 6.31. The van der Waals surface area contributed by atoms with Crippen molar-refractivity contribution in [3.63, 3.8) is 0 Å². The summed E-state index contributed by atoms with van der Waals surface area (Å²) in [5.41, 5.74) is 2.43. The fourth-order valence-corrected chi connectivity index (χ4v) is 1.86. The summed E-state index contributed by atoms with van der Waals surface area (Å²) in [4.78, 5) is 4.35. The number of benzene rings is 1. The van der Waals surface area contributed by atoms with Gasteiger partial charge in [0, 0.05) is 19.4 Å². The smallest absolute Gasteiger partial charge is 0.226 e. The molecule has 0 spiro atoms. The molecule has 0 unspecified atom stereocenters. The van der Waals surface area contributed by atoms with E-state index in [0.29, 0.717) is 12.3 Å². The van der Waals surface area contributed by atoms with Crippen molar-refractivity contribution < 1.29 is 9.63 Å². The van der Waals surface area contributed by atoms with Gasteiger partial charge in [-0.1, -0.05) is 35.0 Å². The van der Waals surface area contributed by atoms with Crippen molar-refractivity contribution in [1.82, 2.24) is 10.1 Å². The summed E-state index contributed by atoms with van der Waals surface area (Å²) < 4.78 is 5.17. The molecule has 0 amide bonds. The molecule has 1 aromatic carbocycles. The fourth-order valence-electron chi connectivity index (χ4n) is 1.86. The molecule has 4 nitrogen and oxygen atoms in total. The van der Waals surface area contributed by atoms with Crippen molar-refractivity contribution in [2.45, 2.75) is 32.6 Å². The van der Waals surface area contributed by atoms with Gasteiger partial charge in [-0.15, -0.1) is 0 Å². The molecule has 0 radical (unpaired) electrons. The number of hydrogen-bond donors (Lipinski definition) is 1. The Hall–Kier alpha value is -1.68. The van der Waals surface area contributed by atoms with Crippen molar-refractivity contribution in [2.75, 3.05) is 6.61 Å². The molecule has 0 atom stereocenters. The number of rotatable bonds is 6. The molecular weight excluding hydrogens is 228 g/mol. The standard InChI is InChI=1S/C14H18N2O2/c1-11-5-4-6-12(9-11)10-13-15-14(18-16-13)7-2-3-8-17/h4-6,9,17H,2-3,7-8,10H2,1H3. The van der Waals surface area contributed by atoms with Crippen molar-refractivity contribution >= 4 is 0 Å². The highest BCUT2D eigenvalue weighted by molar-refractivity contribution is 5.24. The minimum Gasteiger partial charge on any atom is -0.396 e. The first-order valence-corrected chi connectivity index (χ1v) is 6.26. The fraction of sp³-hybridized carbons (Fsp3) is 0.429. The van der Waals surface area contributed by atoms with Gasteiger partial charge in [-0.2, -0.15) is 4.98 Å². The first kappa shape index (κ1) is 12.8. The summed E-state index contributed by atoms with van der Waals surface area (Å²) in [5.74, 6) is 1.38. The molecule has 0 saturated heterocycles. The van der Waals surface area contributed by atoms with Gasteiger partial charge in [0.2, 0.25) is 5.89 Å². The SMILES string of the molecule is Cc1cccc(Cc2noc(CCCCO)n2)c1. The summed E-state index contributed by atoms with van der Waals surface area (Å²) in [7, 11) is 0. The number of unbranched alkanes of at least 4 members (excludes halogenated alkanes) is 1. The Morgan fingerprint density at radius 1 is 1.28 bits per heavy atom. The Morgan fingerprint density at radius 3 is 2.94 bits per heavy atom. The molecule has 0 bridgehead atoms. The van der Waals surface area contributed by atoms with Gasteiger partial charge in [0.15, 0.2) is 5.82 Å². The molecule has 2 aromatic rings. The zero-order valence-corrected chi connectivity index (χ0v) is 10.6. The molecule has 0 aliphatic rings. The zero-order valence-electron chi connectivity index (χ0n) is 10.6. The third-order valence-electron chi connectivity index (χ3n) is 2.75. The highest BCUT2D eigenvalue weighted by Gasteiger charge is 2.06. The number of hydrogen-bond acceptors (Lipinski definition) is 4. The number of aryl methyl sites for hydroxylation is 2. The molecule has 18 heavy (non-hydrogen) atoms. The summed E-state index contributed by atoms with van der Waals surface area (Å²) in [5, 5.41) is 12.7. The minimum absolute atomic E-state index is 0.213. The van der Waals surface area contributed by atoms with Gasteiger partial charge in [0.05, 0.1) is 0 Å². The molecule has 0 saturated carbocycles. The third kappa shape index (κ3) is 3.67. The quantitative estimate of drug-likeness (QED) is 0.794. The lowest BCUT2D eigenvalue weighted by Gasteiger charge is -1.97. The van der Waals surface area contributed by atoms with E-state index in [0.717, 1.165) is 25.1 Å². The van der Waals surface area contributed by atoms with Crippen molar-refractivity contribution in [3.05, 3.63) is 47.1 Å². The van der Waals surface area contributed by atoms with E-state index in [4.69, 9.17) is 9.63 Å². The molecule has 1 heterocycles. The average Bonchev–Trinajstić information content (AvgIpc) is 2.77. The summed E-state index contributed by atoms with van der Waals surface area (Å²) in [6, 6.07) is 8.30. The normalized spacial score (nSPS) is 10.8. The largest absolute Gasteiger partial charge is 0.396 e. The maximum atomic E-state index is 8.70. The number of aliphatic hydroxyl groups excluding tert-OH is 1. The van der Waals surface area contributed by atoms with E-state index < -0.39 is 0 Å². The van der Waals surface area contributed by atoms with Crippen LogP contribution in [0, 0.1) is 6.92 Å². The molecular formula is C14H18N2O2. The van der Waals surface area contributed by atoms with Gasteiger partial charge in [-0.25, -0.2) is 0 Å². The summed E-state index contributed by atoms with van der Waals surface area (Å²) >= 11 is 0. The van der Waals surface area contributed by atoms with Gasteiger partial charge in [-0.05, 0) is 25.3 Å². The molecule has 1 N–H and O–H groups in total. The highest BCUT2D eigenvalue weighted by Crippen LogP contribution is 2.10. The van der Waals surface area contributed by atoms with Crippen LogP contribution >= 0.6 is 0 Å². The summed E-state index contributed by atoms with van der Waals surface area (Å²) in [6.07, 6.45) is 3.09. The van der Waals surface area contributed by atoms with Crippen LogP contribution in [0.15, 0.2) is 28.8 Å². The predicted octanol–water partition coefficient (Wildman–Crippen LogP) is 2.28. The van der Waals surface area contributed by atoms with Crippen molar-refractivity contribution in [3.8, 4) is 0 Å². The molecule has 4 heteroatoms. The van der Waals surface area contributed by atoms with E-state index >= 15 is 0 Å². The van der Waals surface area contributed by atoms with E-state index in [2.05, 4.69) is 35.3 Å². The molecule has 96 valence electrons. The maximum Gasteiger partial charge on any atom is 0.226 e. The van der Waals surface area contributed by atoms with E-state index in [1.54, 1.807) is 0 Å². The van der Waals surface area contributed by atoms with E-state index in [1.807, 2.05) is 6.07 Å². The minimum atomic E-state index is 0.213. The van der Waals surface area contributed by atoms with Crippen LogP contribution in [0.25, 0.3) is 0 Å². The lowest BCUT2D eigenvalue weighted by molar-refractivity contribution is 0.280. The highest BCUT2D eigenvalue weighted by atomic mass is 16.5. The van der Waals surface area contributed by atoms with Crippen LogP contribution in [0.2, 0.25) is 0 Å². The number of nitrogens with zero attached hydrogens (tertiary/aromatic N) is 2. The Kier molecular flexibility index (Phi) is 4.47. The second-order valence-electron chi connectivity index (χ2n) is 4.45. The van der Waals surface area contributed by atoms with Crippen LogP contribution < -0.4 is 0 Å². The van der Waals surface area contributed by atoms with E-state index in [9.17, 15) is 0 Å².